The van der Waals surface area contributed by atoms with Crippen LogP contribution in [0, 0.1) is 5.82 Å². The molecule has 0 saturated heterocycles. The van der Waals surface area contributed by atoms with E-state index in [2.05, 4.69) is 5.32 Å². The second kappa shape index (κ2) is 8.55. The Bertz CT molecular complexity index is 843. The molecule has 136 valence electrons. The fraction of sp³-hybridized carbons (Fsp3) is 0.167. The summed E-state index contributed by atoms with van der Waals surface area (Å²) in [5, 5.41) is 10.8. The SMILES string of the molecule is NC(CCC(=O)O)C(=O)Nc1ccc(Cl)c(C(=O)c2ccccc2)c1F. The highest BCUT2D eigenvalue weighted by molar-refractivity contribution is 6.35. The van der Waals surface area contributed by atoms with Gasteiger partial charge in [-0.15, -0.1) is 0 Å². The number of carbonyl (C=O) groups is 3. The van der Waals surface area contributed by atoms with E-state index in [1.807, 2.05) is 0 Å². The third kappa shape index (κ3) is 4.65. The van der Waals surface area contributed by atoms with Gasteiger partial charge in [0.05, 0.1) is 22.3 Å². The van der Waals surface area contributed by atoms with E-state index >= 15 is 0 Å². The predicted molar refractivity (Wildman–Crippen MR) is 94.8 cm³/mol. The molecule has 26 heavy (non-hydrogen) atoms. The molecule has 0 heterocycles. The minimum absolute atomic E-state index is 0.0930. The normalized spacial score (nSPS) is 11.7. The smallest absolute Gasteiger partial charge is 0.303 e. The lowest BCUT2D eigenvalue weighted by Gasteiger charge is -2.14. The van der Waals surface area contributed by atoms with Gasteiger partial charge in [-0.1, -0.05) is 41.9 Å². The van der Waals surface area contributed by atoms with Crippen LogP contribution in [-0.2, 0) is 9.59 Å². The molecule has 1 amide bonds. The highest BCUT2D eigenvalue weighted by atomic mass is 35.5. The van der Waals surface area contributed by atoms with Crippen molar-refractivity contribution in [3.8, 4) is 0 Å². The number of benzene rings is 2. The average Bonchev–Trinajstić information content (AvgIpc) is 2.62. The fourth-order valence-electron chi connectivity index (χ4n) is 2.23. The van der Waals surface area contributed by atoms with Crippen molar-refractivity contribution in [2.24, 2.45) is 5.73 Å². The molecule has 1 unspecified atom stereocenters. The maximum Gasteiger partial charge on any atom is 0.303 e. The first-order chi connectivity index (χ1) is 12.3. The van der Waals surface area contributed by atoms with Crippen LogP contribution < -0.4 is 11.1 Å². The van der Waals surface area contributed by atoms with E-state index in [1.54, 1.807) is 18.2 Å². The van der Waals surface area contributed by atoms with Crippen molar-refractivity contribution < 1.29 is 23.9 Å². The van der Waals surface area contributed by atoms with Crippen molar-refractivity contribution >= 4 is 34.9 Å². The highest BCUT2D eigenvalue weighted by Gasteiger charge is 2.23. The van der Waals surface area contributed by atoms with Gasteiger partial charge in [-0.25, -0.2) is 4.39 Å². The minimum atomic E-state index is -1.13. The Kier molecular flexibility index (Phi) is 6.43. The predicted octanol–water partition coefficient (Wildman–Crippen LogP) is 2.84. The van der Waals surface area contributed by atoms with E-state index in [-0.39, 0.29) is 34.7 Å². The van der Waals surface area contributed by atoms with Crippen molar-refractivity contribution in [1.29, 1.82) is 0 Å². The van der Waals surface area contributed by atoms with Crippen LogP contribution in [0.25, 0.3) is 0 Å². The Morgan fingerprint density at radius 3 is 2.42 bits per heavy atom. The molecular weight excluding hydrogens is 363 g/mol. The summed E-state index contributed by atoms with van der Waals surface area (Å²) >= 11 is 5.97. The van der Waals surface area contributed by atoms with Gasteiger partial charge >= 0.3 is 5.97 Å². The first-order valence-electron chi connectivity index (χ1n) is 7.67. The van der Waals surface area contributed by atoms with Gasteiger partial charge in [-0.2, -0.15) is 0 Å². The maximum absolute atomic E-state index is 14.8. The minimum Gasteiger partial charge on any atom is -0.481 e. The Morgan fingerprint density at radius 1 is 1.15 bits per heavy atom. The van der Waals surface area contributed by atoms with Crippen molar-refractivity contribution in [3.05, 3.63) is 64.4 Å². The zero-order chi connectivity index (χ0) is 19.3. The number of nitrogens with one attached hydrogen (secondary N) is 1. The molecule has 2 rings (SSSR count). The standard InChI is InChI=1S/C18H16ClFN2O4/c19-11-6-8-13(22-18(26)12(21)7-9-14(23)24)16(20)15(11)17(25)10-4-2-1-3-5-10/h1-6,8,12H,7,9,21H2,(H,22,26)(H,23,24). The topological polar surface area (TPSA) is 109 Å². The van der Waals surface area contributed by atoms with Crippen LogP contribution in [0.5, 0.6) is 0 Å². The summed E-state index contributed by atoms with van der Waals surface area (Å²) in [6.07, 6.45) is -0.401. The van der Waals surface area contributed by atoms with Gasteiger partial charge in [0.15, 0.2) is 11.6 Å². The van der Waals surface area contributed by atoms with Crippen LogP contribution in [0.2, 0.25) is 5.02 Å². The van der Waals surface area contributed by atoms with Crippen molar-refractivity contribution in [2.75, 3.05) is 5.32 Å². The molecule has 0 radical (unpaired) electrons. The monoisotopic (exact) mass is 378 g/mol. The van der Waals surface area contributed by atoms with Gasteiger partial charge in [0.1, 0.15) is 0 Å². The quantitative estimate of drug-likeness (QED) is 0.642. The van der Waals surface area contributed by atoms with Crippen LogP contribution in [0.3, 0.4) is 0 Å². The molecule has 0 aliphatic carbocycles. The summed E-state index contributed by atoms with van der Waals surface area (Å²) < 4.78 is 14.8. The number of nitrogens with two attached hydrogens (primary N) is 1. The largest absolute Gasteiger partial charge is 0.481 e. The lowest BCUT2D eigenvalue weighted by Crippen LogP contribution is -2.36. The van der Waals surface area contributed by atoms with Gasteiger partial charge in [0.25, 0.3) is 0 Å². The van der Waals surface area contributed by atoms with E-state index < -0.39 is 29.5 Å². The molecule has 0 aromatic heterocycles. The summed E-state index contributed by atoms with van der Waals surface area (Å²) in [5.41, 5.74) is 5.21. The average molecular weight is 379 g/mol. The number of hydrogen-bond acceptors (Lipinski definition) is 4. The first-order valence-corrected chi connectivity index (χ1v) is 8.05. The van der Waals surface area contributed by atoms with Crippen molar-refractivity contribution in [3.63, 3.8) is 0 Å². The maximum atomic E-state index is 14.8. The summed E-state index contributed by atoms with van der Waals surface area (Å²) in [4.78, 5) is 35.0. The number of amides is 1. The first kappa shape index (κ1) is 19.6. The zero-order valence-corrected chi connectivity index (χ0v) is 14.3. The van der Waals surface area contributed by atoms with Crippen LogP contribution in [0.1, 0.15) is 28.8 Å². The van der Waals surface area contributed by atoms with Crippen molar-refractivity contribution in [2.45, 2.75) is 18.9 Å². The molecule has 1 atom stereocenters. The lowest BCUT2D eigenvalue weighted by atomic mass is 10.0. The molecule has 0 bridgehead atoms. The molecular formula is C18H16ClFN2O4. The van der Waals surface area contributed by atoms with E-state index in [0.717, 1.165) is 0 Å². The van der Waals surface area contributed by atoms with Crippen LogP contribution in [0.15, 0.2) is 42.5 Å². The summed E-state index contributed by atoms with van der Waals surface area (Å²) in [6.45, 7) is 0. The Hall–Kier alpha value is -2.77. The molecule has 0 saturated carbocycles. The second-order valence-corrected chi connectivity index (χ2v) is 5.91. The van der Waals surface area contributed by atoms with Crippen LogP contribution in [0.4, 0.5) is 10.1 Å². The number of carboxylic acid groups (broad SMARTS) is 1. The Morgan fingerprint density at radius 2 is 1.81 bits per heavy atom. The summed E-state index contributed by atoms with van der Waals surface area (Å²) in [5.74, 6) is -3.46. The van der Waals surface area contributed by atoms with Gasteiger partial charge in [-0.3, -0.25) is 14.4 Å². The zero-order valence-electron chi connectivity index (χ0n) is 13.5. The molecule has 2 aromatic rings. The lowest BCUT2D eigenvalue weighted by molar-refractivity contribution is -0.137. The van der Waals surface area contributed by atoms with Gasteiger partial charge in [0, 0.05) is 12.0 Å². The number of carboxylic acids is 1. The Labute approximate surface area is 153 Å². The van der Waals surface area contributed by atoms with E-state index in [1.165, 1.54) is 24.3 Å². The number of aliphatic carboxylic acids is 1. The second-order valence-electron chi connectivity index (χ2n) is 5.51. The van der Waals surface area contributed by atoms with E-state index in [0.29, 0.717) is 0 Å². The third-order valence-corrected chi connectivity index (χ3v) is 3.93. The number of rotatable bonds is 7. The molecule has 0 aliphatic rings. The molecule has 2 aromatic carbocycles. The van der Waals surface area contributed by atoms with Crippen molar-refractivity contribution in [1.82, 2.24) is 0 Å². The number of halogens is 2. The van der Waals surface area contributed by atoms with E-state index in [4.69, 9.17) is 22.4 Å². The van der Waals surface area contributed by atoms with Gasteiger partial charge in [-0.05, 0) is 18.6 Å². The highest BCUT2D eigenvalue weighted by Crippen LogP contribution is 2.28. The van der Waals surface area contributed by atoms with Crippen LogP contribution in [-0.4, -0.2) is 28.8 Å². The van der Waals surface area contributed by atoms with E-state index in [9.17, 15) is 18.8 Å². The summed E-state index contributed by atoms with van der Waals surface area (Å²) in [7, 11) is 0. The Balaban J connectivity index is 2.25. The van der Waals surface area contributed by atoms with Gasteiger partial charge < -0.3 is 16.2 Å². The summed E-state index contributed by atoms with van der Waals surface area (Å²) in [6, 6.07) is 9.38. The molecule has 0 aliphatic heterocycles. The molecule has 8 heteroatoms. The fourth-order valence-corrected chi connectivity index (χ4v) is 2.46. The molecule has 6 nitrogen and oxygen atoms in total. The number of anilines is 1. The van der Waals surface area contributed by atoms with Crippen LogP contribution >= 0.6 is 11.6 Å². The molecule has 4 N–H and O–H groups in total. The molecule has 0 fully saturated rings. The third-order valence-electron chi connectivity index (χ3n) is 3.62. The number of hydrogen-bond donors (Lipinski definition) is 3. The number of ketones is 1. The van der Waals surface area contributed by atoms with Gasteiger partial charge in [0.2, 0.25) is 5.91 Å². The molecule has 0 spiro atoms. The number of carbonyl (C=O) groups excluding carboxylic acids is 2.